The van der Waals surface area contributed by atoms with Crippen LogP contribution < -0.4 is 20.4 Å². The number of rotatable bonds is 5. The Balaban J connectivity index is 1.69. The van der Waals surface area contributed by atoms with Gasteiger partial charge in [0, 0.05) is 30.6 Å². The van der Waals surface area contributed by atoms with Gasteiger partial charge < -0.3 is 19.2 Å². The lowest BCUT2D eigenvalue weighted by Crippen LogP contribution is -2.32. The second-order valence-electron chi connectivity index (χ2n) is 8.43. The predicted octanol–water partition coefficient (Wildman–Crippen LogP) is 3.47. The molecule has 1 N–H and O–H groups in total. The van der Waals surface area contributed by atoms with E-state index >= 15 is 0 Å². The van der Waals surface area contributed by atoms with E-state index in [0.717, 1.165) is 24.0 Å². The molecule has 0 saturated carbocycles. The Bertz CT molecular complexity index is 1200. The third kappa shape index (κ3) is 4.13. The molecule has 4 rings (SSSR count). The highest BCUT2D eigenvalue weighted by molar-refractivity contribution is 5.93. The Morgan fingerprint density at radius 3 is 2.87 bits per heavy atom. The third-order valence-corrected chi connectivity index (χ3v) is 5.71. The number of nitrogens with one attached hydrogen (secondary N) is 1. The van der Waals surface area contributed by atoms with Gasteiger partial charge in [-0.15, -0.1) is 0 Å². The molecular formula is C24H26N2O5. The largest absolute Gasteiger partial charge is 0.496 e. The van der Waals surface area contributed by atoms with Gasteiger partial charge in [0.1, 0.15) is 22.7 Å². The Hall–Kier alpha value is -3.35. The van der Waals surface area contributed by atoms with Crippen molar-refractivity contribution in [3.8, 4) is 11.5 Å². The summed E-state index contributed by atoms with van der Waals surface area (Å²) in [5, 5.41) is 3.53. The van der Waals surface area contributed by atoms with E-state index in [-0.39, 0.29) is 17.9 Å². The van der Waals surface area contributed by atoms with E-state index in [2.05, 4.69) is 10.3 Å². The van der Waals surface area contributed by atoms with Crippen molar-refractivity contribution in [2.24, 2.45) is 0 Å². The van der Waals surface area contributed by atoms with Crippen molar-refractivity contribution in [2.75, 3.05) is 7.11 Å². The molecule has 1 aliphatic rings. The van der Waals surface area contributed by atoms with Crippen molar-refractivity contribution >= 4 is 16.9 Å². The molecule has 0 unspecified atom stereocenters. The minimum Gasteiger partial charge on any atom is -0.496 e. The molecule has 7 nitrogen and oxygen atoms in total. The number of carbonyl (C=O) groups excluding carboxylic acids is 1. The smallest absolute Gasteiger partial charge is 0.340 e. The first-order chi connectivity index (χ1) is 14.8. The molecule has 2 aromatic heterocycles. The second kappa shape index (κ2) is 8.06. The van der Waals surface area contributed by atoms with Crippen molar-refractivity contribution < 1.29 is 18.7 Å². The van der Waals surface area contributed by atoms with E-state index in [9.17, 15) is 9.59 Å². The van der Waals surface area contributed by atoms with Crippen LogP contribution in [0.4, 0.5) is 0 Å². The predicted molar refractivity (Wildman–Crippen MR) is 117 cm³/mol. The number of hydrogen-bond donors (Lipinski definition) is 1. The zero-order valence-corrected chi connectivity index (χ0v) is 18.2. The summed E-state index contributed by atoms with van der Waals surface area (Å²) in [6.45, 7) is 6.22. The van der Waals surface area contributed by atoms with Crippen molar-refractivity contribution in [3.63, 3.8) is 0 Å². The number of carbonyl (C=O) groups is 1. The Labute approximate surface area is 180 Å². The van der Waals surface area contributed by atoms with Gasteiger partial charge in [-0.2, -0.15) is 0 Å². The fourth-order valence-corrected chi connectivity index (χ4v) is 3.97. The molecule has 0 spiro atoms. The molecule has 0 fully saturated rings. The summed E-state index contributed by atoms with van der Waals surface area (Å²) in [7, 11) is 1.57. The zero-order chi connectivity index (χ0) is 22.2. The van der Waals surface area contributed by atoms with Crippen LogP contribution in [0.5, 0.6) is 11.5 Å². The van der Waals surface area contributed by atoms with Crippen LogP contribution in [0.1, 0.15) is 42.5 Å². The van der Waals surface area contributed by atoms with Crippen LogP contribution in [0.25, 0.3) is 11.0 Å². The number of nitrogens with zero attached hydrogens (tertiary/aromatic N) is 1. The average Bonchev–Trinajstić information content (AvgIpc) is 2.74. The van der Waals surface area contributed by atoms with Gasteiger partial charge in [-0.1, -0.05) is 6.07 Å². The Kier molecular flexibility index (Phi) is 5.43. The number of aryl methyl sites for hydroxylation is 2. The lowest BCUT2D eigenvalue weighted by atomic mass is 9.91. The first-order valence-electron chi connectivity index (χ1n) is 10.3. The van der Waals surface area contributed by atoms with E-state index < -0.39 is 5.63 Å². The SMILES string of the molecule is COc1cc2c(c3oc(=O)c(CC(=O)NCc4cccnc4)c(C)c13)CCC(C)(C)O2. The van der Waals surface area contributed by atoms with Crippen molar-refractivity contribution in [1.29, 1.82) is 0 Å². The van der Waals surface area contributed by atoms with Gasteiger partial charge >= 0.3 is 5.63 Å². The summed E-state index contributed by atoms with van der Waals surface area (Å²) in [5.41, 5.74) is 2.43. The summed E-state index contributed by atoms with van der Waals surface area (Å²) in [4.78, 5) is 29.4. The quantitative estimate of drug-likeness (QED) is 0.633. The van der Waals surface area contributed by atoms with Gasteiger partial charge in [0.2, 0.25) is 5.91 Å². The van der Waals surface area contributed by atoms with Crippen LogP contribution in [0.2, 0.25) is 0 Å². The van der Waals surface area contributed by atoms with Crippen LogP contribution in [0, 0.1) is 6.92 Å². The molecule has 3 heterocycles. The first-order valence-corrected chi connectivity index (χ1v) is 10.3. The van der Waals surface area contributed by atoms with Crippen LogP contribution in [0.3, 0.4) is 0 Å². The molecule has 1 amide bonds. The van der Waals surface area contributed by atoms with E-state index in [1.54, 1.807) is 25.6 Å². The highest BCUT2D eigenvalue weighted by Crippen LogP contribution is 2.43. The maximum absolute atomic E-state index is 12.8. The van der Waals surface area contributed by atoms with E-state index in [4.69, 9.17) is 13.9 Å². The molecule has 0 saturated heterocycles. The molecule has 1 aliphatic heterocycles. The van der Waals surface area contributed by atoms with Crippen LogP contribution in [0.15, 0.2) is 39.8 Å². The van der Waals surface area contributed by atoms with Crippen LogP contribution in [-0.2, 0) is 24.2 Å². The minimum absolute atomic E-state index is 0.0753. The number of hydrogen-bond acceptors (Lipinski definition) is 6. The first kappa shape index (κ1) is 20.9. The maximum Gasteiger partial charge on any atom is 0.340 e. The fraction of sp³-hybridized carbons (Fsp3) is 0.375. The van der Waals surface area contributed by atoms with E-state index in [1.165, 1.54) is 0 Å². The summed E-state index contributed by atoms with van der Waals surface area (Å²) in [6.07, 6.45) is 4.83. The number of methoxy groups -OCH3 is 1. The monoisotopic (exact) mass is 422 g/mol. The zero-order valence-electron chi connectivity index (χ0n) is 18.2. The Morgan fingerprint density at radius 1 is 1.35 bits per heavy atom. The van der Waals surface area contributed by atoms with E-state index in [1.807, 2.05) is 32.9 Å². The topological polar surface area (TPSA) is 90.7 Å². The number of amides is 1. The van der Waals surface area contributed by atoms with Gasteiger partial charge in [-0.3, -0.25) is 9.78 Å². The molecule has 0 bridgehead atoms. The summed E-state index contributed by atoms with van der Waals surface area (Å²) >= 11 is 0. The summed E-state index contributed by atoms with van der Waals surface area (Å²) < 4.78 is 17.4. The molecule has 0 radical (unpaired) electrons. The summed E-state index contributed by atoms with van der Waals surface area (Å²) in [5.74, 6) is 0.968. The number of aromatic nitrogens is 1. The van der Waals surface area contributed by atoms with Crippen molar-refractivity contribution in [2.45, 2.75) is 52.2 Å². The number of fused-ring (bicyclic) bond motifs is 3. The number of benzene rings is 1. The molecular weight excluding hydrogens is 396 g/mol. The van der Waals surface area contributed by atoms with Gasteiger partial charge in [-0.25, -0.2) is 4.79 Å². The van der Waals surface area contributed by atoms with Gasteiger partial charge in [-0.05, 0) is 50.8 Å². The van der Waals surface area contributed by atoms with E-state index in [0.29, 0.717) is 40.1 Å². The van der Waals surface area contributed by atoms with Gasteiger partial charge in [0.15, 0.2) is 0 Å². The normalized spacial score (nSPS) is 14.6. The number of ether oxygens (including phenoxy) is 2. The summed E-state index contributed by atoms with van der Waals surface area (Å²) in [6, 6.07) is 5.53. The highest BCUT2D eigenvalue weighted by Gasteiger charge is 2.31. The fourth-order valence-electron chi connectivity index (χ4n) is 3.97. The maximum atomic E-state index is 12.8. The second-order valence-corrected chi connectivity index (χ2v) is 8.43. The van der Waals surface area contributed by atoms with Gasteiger partial charge in [0.25, 0.3) is 0 Å². The molecule has 31 heavy (non-hydrogen) atoms. The molecule has 3 aromatic rings. The molecule has 1 aromatic carbocycles. The molecule has 0 aliphatic carbocycles. The minimum atomic E-state index is -0.512. The third-order valence-electron chi connectivity index (χ3n) is 5.71. The lowest BCUT2D eigenvalue weighted by Gasteiger charge is -2.33. The molecule has 0 atom stereocenters. The number of pyridine rings is 1. The van der Waals surface area contributed by atoms with Gasteiger partial charge in [0.05, 0.1) is 24.5 Å². The molecule has 162 valence electrons. The average molecular weight is 422 g/mol. The standard InChI is InChI=1S/C24H26N2O5/c1-14-17(10-20(27)26-13-15-6-5-9-25-12-15)23(28)30-22-16-7-8-24(2,3)31-18(16)11-19(29-4)21(14)22/h5-6,9,11-12H,7-8,10,13H2,1-4H3,(H,26,27). The van der Waals surface area contributed by atoms with Crippen molar-refractivity contribution in [3.05, 3.63) is 63.3 Å². The van der Waals surface area contributed by atoms with Crippen LogP contribution >= 0.6 is 0 Å². The van der Waals surface area contributed by atoms with Crippen molar-refractivity contribution in [1.82, 2.24) is 10.3 Å². The molecule has 7 heteroatoms. The highest BCUT2D eigenvalue weighted by atomic mass is 16.5. The van der Waals surface area contributed by atoms with Crippen LogP contribution in [-0.4, -0.2) is 23.6 Å². The Morgan fingerprint density at radius 2 is 2.16 bits per heavy atom. The lowest BCUT2D eigenvalue weighted by molar-refractivity contribution is -0.120.